The third kappa shape index (κ3) is 1.05. The number of hydrogen-bond donors (Lipinski definition) is 1. The van der Waals surface area contributed by atoms with Crippen LogP contribution in [-0.4, -0.2) is 17.3 Å². The summed E-state index contributed by atoms with van der Waals surface area (Å²) in [6, 6.07) is 0. The van der Waals surface area contributed by atoms with Gasteiger partial charge >= 0.3 is 12.1 Å². The maximum atomic E-state index is 12.3. The van der Waals surface area contributed by atoms with E-state index in [2.05, 4.69) is 0 Å². The van der Waals surface area contributed by atoms with E-state index in [9.17, 15) is 18.0 Å². The monoisotopic (exact) mass is 194 g/mol. The molecule has 1 unspecified atom stereocenters. The third-order valence-corrected chi connectivity index (χ3v) is 3.36. The van der Waals surface area contributed by atoms with Crippen LogP contribution >= 0.6 is 0 Å². The molecule has 1 N–H and O–H groups in total. The van der Waals surface area contributed by atoms with Gasteiger partial charge < -0.3 is 5.11 Å². The highest BCUT2D eigenvalue weighted by molar-refractivity contribution is 5.77. The molecule has 0 spiro atoms. The highest BCUT2D eigenvalue weighted by Gasteiger charge is 2.66. The number of fused-ring (bicyclic) bond motifs is 1. The van der Waals surface area contributed by atoms with Gasteiger partial charge in [-0.3, -0.25) is 4.79 Å². The van der Waals surface area contributed by atoms with Crippen molar-refractivity contribution in [3.8, 4) is 0 Å². The first kappa shape index (κ1) is 8.84. The number of carbonyl (C=O) groups is 1. The Hall–Kier alpha value is -0.740. The lowest BCUT2D eigenvalue weighted by Crippen LogP contribution is -2.36. The Kier molecular flexibility index (Phi) is 1.49. The average molecular weight is 194 g/mol. The van der Waals surface area contributed by atoms with Crippen LogP contribution in [0.2, 0.25) is 0 Å². The number of carboxylic acids is 1. The SMILES string of the molecule is O=C(O)C12CC(C1)C(C(F)(F)F)C2. The number of aliphatic carboxylic acids is 1. The molecular weight excluding hydrogens is 185 g/mol. The van der Waals surface area contributed by atoms with Crippen molar-refractivity contribution in [3.63, 3.8) is 0 Å². The van der Waals surface area contributed by atoms with Crippen LogP contribution < -0.4 is 0 Å². The summed E-state index contributed by atoms with van der Waals surface area (Å²) in [5.41, 5.74) is -1.04. The summed E-state index contributed by atoms with van der Waals surface area (Å²) >= 11 is 0. The van der Waals surface area contributed by atoms with E-state index < -0.39 is 29.4 Å². The van der Waals surface area contributed by atoms with Gasteiger partial charge in [-0.05, 0) is 25.2 Å². The molecule has 1 atom stereocenters. The van der Waals surface area contributed by atoms with Crippen molar-refractivity contribution in [3.05, 3.63) is 0 Å². The predicted octanol–water partition coefficient (Wildman–Crippen LogP) is 2.05. The fourth-order valence-corrected chi connectivity index (χ4v) is 2.63. The molecule has 0 aromatic carbocycles. The molecule has 74 valence electrons. The number of halogens is 3. The highest BCUT2D eigenvalue weighted by atomic mass is 19.4. The summed E-state index contributed by atoms with van der Waals surface area (Å²) in [6.07, 6.45) is -3.99. The molecule has 0 radical (unpaired) electrons. The van der Waals surface area contributed by atoms with Crippen LogP contribution in [0.5, 0.6) is 0 Å². The first-order chi connectivity index (χ1) is 5.85. The molecule has 3 aliphatic rings. The van der Waals surface area contributed by atoms with Crippen LogP contribution in [0.4, 0.5) is 13.2 Å². The van der Waals surface area contributed by atoms with Crippen LogP contribution in [0, 0.1) is 17.3 Å². The quantitative estimate of drug-likeness (QED) is 0.693. The maximum absolute atomic E-state index is 12.3. The van der Waals surface area contributed by atoms with Crippen molar-refractivity contribution in [1.29, 1.82) is 0 Å². The third-order valence-electron chi connectivity index (χ3n) is 3.36. The number of rotatable bonds is 1. The van der Waals surface area contributed by atoms with Gasteiger partial charge in [0.15, 0.2) is 0 Å². The van der Waals surface area contributed by atoms with Crippen molar-refractivity contribution >= 4 is 5.97 Å². The van der Waals surface area contributed by atoms with Gasteiger partial charge in [0.25, 0.3) is 0 Å². The molecule has 2 bridgehead atoms. The van der Waals surface area contributed by atoms with Crippen LogP contribution in [0.1, 0.15) is 19.3 Å². The van der Waals surface area contributed by atoms with E-state index in [1.54, 1.807) is 0 Å². The molecule has 0 amide bonds. The zero-order valence-corrected chi connectivity index (χ0v) is 6.77. The van der Waals surface area contributed by atoms with Gasteiger partial charge in [-0.15, -0.1) is 0 Å². The van der Waals surface area contributed by atoms with Crippen LogP contribution in [-0.2, 0) is 4.79 Å². The van der Waals surface area contributed by atoms with E-state index in [0.717, 1.165) is 0 Å². The zero-order chi connectivity index (χ0) is 9.85. The van der Waals surface area contributed by atoms with Crippen LogP contribution in [0.25, 0.3) is 0 Å². The van der Waals surface area contributed by atoms with Crippen LogP contribution in [0.3, 0.4) is 0 Å². The molecular formula is C8H9F3O2. The number of hydrogen-bond acceptors (Lipinski definition) is 1. The van der Waals surface area contributed by atoms with Gasteiger partial charge in [-0.25, -0.2) is 0 Å². The summed E-state index contributed by atoms with van der Waals surface area (Å²) in [7, 11) is 0. The van der Waals surface area contributed by atoms with E-state index in [0.29, 0.717) is 0 Å². The molecule has 3 fully saturated rings. The molecule has 13 heavy (non-hydrogen) atoms. The number of alkyl halides is 3. The van der Waals surface area contributed by atoms with Gasteiger partial charge in [-0.2, -0.15) is 13.2 Å². The molecule has 3 aliphatic carbocycles. The Morgan fingerprint density at radius 1 is 1.31 bits per heavy atom. The van der Waals surface area contributed by atoms with Gasteiger partial charge in [-0.1, -0.05) is 0 Å². The molecule has 3 rings (SSSR count). The second-order valence-corrected chi connectivity index (χ2v) is 4.11. The average Bonchev–Trinajstić information content (AvgIpc) is 2.33. The Balaban J connectivity index is 2.14. The lowest BCUT2D eigenvalue weighted by atomic mass is 9.69. The predicted molar refractivity (Wildman–Crippen MR) is 37.0 cm³/mol. The minimum Gasteiger partial charge on any atom is -0.481 e. The van der Waals surface area contributed by atoms with Crippen molar-refractivity contribution in [1.82, 2.24) is 0 Å². The van der Waals surface area contributed by atoms with E-state index in [1.807, 2.05) is 0 Å². The normalized spacial score (nSPS) is 43.0. The Morgan fingerprint density at radius 2 is 1.85 bits per heavy atom. The second-order valence-electron chi connectivity index (χ2n) is 4.11. The second kappa shape index (κ2) is 2.19. The van der Waals surface area contributed by atoms with E-state index in [4.69, 9.17) is 5.11 Å². The van der Waals surface area contributed by atoms with Crippen molar-refractivity contribution in [2.45, 2.75) is 25.4 Å². The highest BCUT2D eigenvalue weighted by Crippen LogP contribution is 2.65. The summed E-state index contributed by atoms with van der Waals surface area (Å²) in [4.78, 5) is 10.7. The van der Waals surface area contributed by atoms with Crippen molar-refractivity contribution in [2.75, 3.05) is 0 Å². The first-order valence-electron chi connectivity index (χ1n) is 4.15. The summed E-state index contributed by atoms with van der Waals surface area (Å²) < 4.78 is 36.8. The lowest BCUT2D eigenvalue weighted by molar-refractivity contribution is -0.180. The molecule has 0 aliphatic heterocycles. The Morgan fingerprint density at radius 3 is 2.08 bits per heavy atom. The summed E-state index contributed by atoms with van der Waals surface area (Å²) in [5.74, 6) is -2.87. The maximum Gasteiger partial charge on any atom is 0.392 e. The minimum absolute atomic E-state index is 0.212. The lowest BCUT2D eigenvalue weighted by Gasteiger charge is -2.34. The topological polar surface area (TPSA) is 37.3 Å². The first-order valence-corrected chi connectivity index (χ1v) is 4.15. The van der Waals surface area contributed by atoms with E-state index in [-0.39, 0.29) is 19.3 Å². The Bertz CT molecular complexity index is 253. The molecule has 5 heteroatoms. The van der Waals surface area contributed by atoms with Gasteiger partial charge in [0, 0.05) is 0 Å². The largest absolute Gasteiger partial charge is 0.481 e. The van der Waals surface area contributed by atoms with Crippen molar-refractivity contribution < 1.29 is 23.1 Å². The Labute approximate surface area is 72.7 Å². The molecule has 0 aromatic heterocycles. The fourth-order valence-electron chi connectivity index (χ4n) is 2.63. The van der Waals surface area contributed by atoms with E-state index in [1.165, 1.54) is 0 Å². The summed E-state index contributed by atoms with van der Waals surface area (Å²) in [5, 5.41) is 8.73. The smallest absolute Gasteiger partial charge is 0.392 e. The van der Waals surface area contributed by atoms with Crippen LogP contribution in [0.15, 0.2) is 0 Å². The van der Waals surface area contributed by atoms with Gasteiger partial charge in [0.1, 0.15) is 0 Å². The van der Waals surface area contributed by atoms with Crippen molar-refractivity contribution in [2.24, 2.45) is 17.3 Å². The van der Waals surface area contributed by atoms with E-state index >= 15 is 0 Å². The fraction of sp³-hybridized carbons (Fsp3) is 0.875. The standard InChI is InChI=1S/C8H9F3O2/c9-8(10,11)5-3-7(6(12)13)1-4(5)2-7/h4-5H,1-3H2,(H,12,13). The zero-order valence-electron chi connectivity index (χ0n) is 6.77. The van der Waals surface area contributed by atoms with Gasteiger partial charge in [0.2, 0.25) is 0 Å². The molecule has 2 nitrogen and oxygen atoms in total. The molecule has 3 saturated carbocycles. The number of carboxylic acid groups (broad SMARTS) is 1. The van der Waals surface area contributed by atoms with Gasteiger partial charge in [0.05, 0.1) is 11.3 Å². The molecule has 0 heterocycles. The molecule has 0 saturated heterocycles. The summed E-state index contributed by atoms with van der Waals surface area (Å²) in [6.45, 7) is 0. The molecule has 0 aromatic rings. The minimum atomic E-state index is -4.21.